The second-order valence-corrected chi connectivity index (χ2v) is 4.66. The minimum absolute atomic E-state index is 0.661. The molecule has 0 aliphatic heterocycles. The lowest BCUT2D eigenvalue weighted by Crippen LogP contribution is -2.25. The van der Waals surface area contributed by atoms with Crippen LogP contribution in [0.25, 0.3) is 0 Å². The summed E-state index contributed by atoms with van der Waals surface area (Å²) in [5.74, 6) is 0.891. The van der Waals surface area contributed by atoms with Crippen molar-refractivity contribution in [1.29, 1.82) is 0 Å². The van der Waals surface area contributed by atoms with E-state index in [2.05, 4.69) is 27.8 Å². The van der Waals surface area contributed by atoms with Gasteiger partial charge in [0.25, 0.3) is 0 Å². The molecule has 1 aromatic rings. The average molecular weight is 314 g/mol. The standard InChI is InChI=1S/C14H20BrNO2/c1-2-3-10-17-11-8-16-9-12-18-14-6-4-13(15)5-7-14/h2,4-7,16H,1,3,8-12H2. The van der Waals surface area contributed by atoms with E-state index in [4.69, 9.17) is 9.47 Å². The lowest BCUT2D eigenvalue weighted by molar-refractivity contribution is 0.139. The topological polar surface area (TPSA) is 30.5 Å². The Labute approximate surface area is 117 Å². The molecule has 0 aromatic heterocycles. The summed E-state index contributed by atoms with van der Waals surface area (Å²) in [5.41, 5.74) is 0. The van der Waals surface area contributed by atoms with Gasteiger partial charge in [-0.1, -0.05) is 22.0 Å². The van der Waals surface area contributed by atoms with Gasteiger partial charge in [-0.05, 0) is 30.7 Å². The molecule has 4 heteroatoms. The highest BCUT2D eigenvalue weighted by molar-refractivity contribution is 9.10. The summed E-state index contributed by atoms with van der Waals surface area (Å²) in [7, 11) is 0. The lowest BCUT2D eigenvalue weighted by atomic mass is 10.3. The highest BCUT2D eigenvalue weighted by atomic mass is 79.9. The van der Waals surface area contributed by atoms with E-state index < -0.39 is 0 Å². The molecule has 0 aliphatic carbocycles. The minimum atomic E-state index is 0.661. The zero-order valence-electron chi connectivity index (χ0n) is 10.5. The van der Waals surface area contributed by atoms with Gasteiger partial charge in [-0.3, -0.25) is 0 Å². The smallest absolute Gasteiger partial charge is 0.119 e. The fourth-order valence-corrected chi connectivity index (χ4v) is 1.57. The third-order valence-electron chi connectivity index (χ3n) is 2.25. The molecule has 100 valence electrons. The first-order chi connectivity index (χ1) is 8.83. The van der Waals surface area contributed by atoms with Crippen molar-refractivity contribution in [1.82, 2.24) is 5.32 Å². The van der Waals surface area contributed by atoms with Crippen molar-refractivity contribution in [2.45, 2.75) is 6.42 Å². The summed E-state index contributed by atoms with van der Waals surface area (Å²) in [5, 5.41) is 3.26. The van der Waals surface area contributed by atoms with Crippen LogP contribution >= 0.6 is 15.9 Å². The van der Waals surface area contributed by atoms with Gasteiger partial charge in [0.05, 0.1) is 13.2 Å². The molecular weight excluding hydrogens is 294 g/mol. The Hall–Kier alpha value is -0.840. The molecule has 0 saturated carbocycles. The fraction of sp³-hybridized carbons (Fsp3) is 0.429. The second-order valence-electron chi connectivity index (χ2n) is 3.74. The molecule has 1 rings (SSSR count). The van der Waals surface area contributed by atoms with Gasteiger partial charge in [-0.2, -0.15) is 0 Å². The minimum Gasteiger partial charge on any atom is -0.492 e. The van der Waals surface area contributed by atoms with E-state index in [0.29, 0.717) is 6.61 Å². The van der Waals surface area contributed by atoms with E-state index in [0.717, 1.165) is 42.9 Å². The largest absolute Gasteiger partial charge is 0.492 e. The van der Waals surface area contributed by atoms with Gasteiger partial charge in [0.15, 0.2) is 0 Å². The molecule has 0 saturated heterocycles. The quantitative estimate of drug-likeness (QED) is 0.532. The lowest BCUT2D eigenvalue weighted by Gasteiger charge is -2.07. The average Bonchev–Trinajstić information content (AvgIpc) is 2.39. The Morgan fingerprint density at radius 1 is 1.11 bits per heavy atom. The van der Waals surface area contributed by atoms with Crippen molar-refractivity contribution >= 4 is 15.9 Å². The molecule has 1 N–H and O–H groups in total. The normalized spacial score (nSPS) is 10.3. The first kappa shape index (κ1) is 15.2. The molecule has 0 bridgehead atoms. The molecule has 0 aliphatic rings. The van der Waals surface area contributed by atoms with E-state index in [1.54, 1.807) is 0 Å². The number of rotatable bonds is 10. The van der Waals surface area contributed by atoms with Crippen molar-refractivity contribution in [3.05, 3.63) is 41.4 Å². The number of hydrogen-bond acceptors (Lipinski definition) is 3. The molecule has 0 unspecified atom stereocenters. The molecular formula is C14H20BrNO2. The third-order valence-corrected chi connectivity index (χ3v) is 2.78. The molecule has 18 heavy (non-hydrogen) atoms. The molecule has 0 heterocycles. The number of nitrogens with one attached hydrogen (secondary N) is 1. The molecule has 0 amide bonds. The maximum absolute atomic E-state index is 5.57. The van der Waals surface area contributed by atoms with Gasteiger partial charge < -0.3 is 14.8 Å². The second kappa shape index (κ2) is 10.1. The van der Waals surface area contributed by atoms with Gasteiger partial charge in [0, 0.05) is 17.6 Å². The van der Waals surface area contributed by atoms with Crippen LogP contribution in [0.1, 0.15) is 6.42 Å². The van der Waals surface area contributed by atoms with Gasteiger partial charge in [-0.15, -0.1) is 6.58 Å². The van der Waals surface area contributed by atoms with Crippen LogP contribution in [0.3, 0.4) is 0 Å². The maximum atomic E-state index is 5.57. The summed E-state index contributed by atoms with van der Waals surface area (Å²) in [6.45, 7) is 7.45. The fourth-order valence-electron chi connectivity index (χ4n) is 1.31. The molecule has 0 fully saturated rings. The van der Waals surface area contributed by atoms with Crippen LogP contribution in [0.4, 0.5) is 0 Å². The van der Waals surface area contributed by atoms with Crippen LogP contribution in [0.15, 0.2) is 41.4 Å². The van der Waals surface area contributed by atoms with E-state index in [-0.39, 0.29) is 0 Å². The highest BCUT2D eigenvalue weighted by Gasteiger charge is 1.93. The van der Waals surface area contributed by atoms with Crippen molar-refractivity contribution in [3.63, 3.8) is 0 Å². The number of halogens is 1. The molecule has 0 radical (unpaired) electrons. The Morgan fingerprint density at radius 2 is 1.83 bits per heavy atom. The van der Waals surface area contributed by atoms with E-state index in [1.165, 1.54) is 0 Å². The monoisotopic (exact) mass is 313 g/mol. The van der Waals surface area contributed by atoms with Crippen LogP contribution in [0.2, 0.25) is 0 Å². The van der Waals surface area contributed by atoms with Crippen LogP contribution in [0, 0.1) is 0 Å². The first-order valence-electron chi connectivity index (χ1n) is 6.10. The van der Waals surface area contributed by atoms with E-state index in [1.807, 2.05) is 30.3 Å². The molecule has 0 spiro atoms. The zero-order chi connectivity index (χ0) is 13.1. The van der Waals surface area contributed by atoms with Gasteiger partial charge in [0.2, 0.25) is 0 Å². The van der Waals surface area contributed by atoms with Gasteiger partial charge >= 0.3 is 0 Å². The Balaban J connectivity index is 1.92. The Morgan fingerprint density at radius 3 is 2.56 bits per heavy atom. The summed E-state index contributed by atoms with van der Waals surface area (Å²) >= 11 is 3.39. The first-order valence-corrected chi connectivity index (χ1v) is 6.90. The van der Waals surface area contributed by atoms with E-state index >= 15 is 0 Å². The van der Waals surface area contributed by atoms with Crippen LogP contribution < -0.4 is 10.1 Å². The predicted molar refractivity (Wildman–Crippen MR) is 78.1 cm³/mol. The van der Waals surface area contributed by atoms with Crippen molar-refractivity contribution in [2.24, 2.45) is 0 Å². The van der Waals surface area contributed by atoms with Crippen LogP contribution in [-0.4, -0.2) is 32.9 Å². The van der Waals surface area contributed by atoms with Crippen molar-refractivity contribution in [3.8, 4) is 5.75 Å². The summed E-state index contributed by atoms with van der Waals surface area (Å²) in [6.07, 6.45) is 2.77. The van der Waals surface area contributed by atoms with Gasteiger partial charge in [0.1, 0.15) is 12.4 Å². The molecule has 0 atom stereocenters. The van der Waals surface area contributed by atoms with Crippen molar-refractivity contribution in [2.75, 3.05) is 32.9 Å². The predicted octanol–water partition coefficient (Wildman–Crippen LogP) is 3.01. The SMILES string of the molecule is C=CCCOCCNCCOc1ccc(Br)cc1. The number of hydrogen-bond donors (Lipinski definition) is 1. The zero-order valence-corrected chi connectivity index (χ0v) is 12.1. The summed E-state index contributed by atoms with van der Waals surface area (Å²) < 4.78 is 12.0. The van der Waals surface area contributed by atoms with Crippen LogP contribution in [-0.2, 0) is 4.74 Å². The Kier molecular flexibility index (Phi) is 8.55. The van der Waals surface area contributed by atoms with Gasteiger partial charge in [-0.25, -0.2) is 0 Å². The maximum Gasteiger partial charge on any atom is 0.119 e. The van der Waals surface area contributed by atoms with Crippen molar-refractivity contribution < 1.29 is 9.47 Å². The summed E-state index contributed by atoms with van der Waals surface area (Å²) in [6, 6.07) is 7.83. The Bertz CT molecular complexity index is 327. The highest BCUT2D eigenvalue weighted by Crippen LogP contribution is 2.15. The number of ether oxygens (including phenoxy) is 2. The summed E-state index contributed by atoms with van der Waals surface area (Å²) in [4.78, 5) is 0. The number of benzene rings is 1. The van der Waals surface area contributed by atoms with Crippen LogP contribution in [0.5, 0.6) is 5.75 Å². The van der Waals surface area contributed by atoms with E-state index in [9.17, 15) is 0 Å². The third kappa shape index (κ3) is 7.48. The molecule has 1 aromatic carbocycles. The molecule has 3 nitrogen and oxygen atoms in total.